The molecule has 20 heavy (non-hydrogen) atoms. The molecule has 0 aliphatic heterocycles. The van der Waals surface area contributed by atoms with Crippen LogP contribution in [0.25, 0.3) is 0 Å². The number of anilines is 1. The Kier molecular flexibility index (Phi) is 4.44. The summed E-state index contributed by atoms with van der Waals surface area (Å²) in [6.45, 7) is 4.50. The van der Waals surface area contributed by atoms with Crippen LogP contribution in [0.1, 0.15) is 23.0 Å². The van der Waals surface area contributed by atoms with Crippen molar-refractivity contribution in [2.75, 3.05) is 12.4 Å². The van der Waals surface area contributed by atoms with Crippen molar-refractivity contribution in [3.63, 3.8) is 0 Å². The van der Waals surface area contributed by atoms with Crippen molar-refractivity contribution >= 4 is 27.5 Å². The van der Waals surface area contributed by atoms with E-state index in [1.165, 1.54) is 0 Å². The van der Waals surface area contributed by atoms with Gasteiger partial charge in [-0.2, -0.15) is 5.10 Å². The molecular formula is C14H16BrN3O2. The number of aromatic nitrogens is 2. The summed E-state index contributed by atoms with van der Waals surface area (Å²) in [6.07, 6.45) is 1.62. The number of carbonyl (C=O) groups excluding carboxylic acids is 1. The predicted octanol–water partition coefficient (Wildman–Crippen LogP) is 3.23. The van der Waals surface area contributed by atoms with Gasteiger partial charge in [-0.15, -0.1) is 0 Å². The average molecular weight is 338 g/mol. The molecule has 1 aromatic carbocycles. The van der Waals surface area contributed by atoms with Crippen LogP contribution < -0.4 is 10.1 Å². The lowest BCUT2D eigenvalue weighted by molar-refractivity contribution is 0.101. The summed E-state index contributed by atoms with van der Waals surface area (Å²) in [7, 11) is 1.62. The normalized spacial score (nSPS) is 10.4. The van der Waals surface area contributed by atoms with Gasteiger partial charge in [0.25, 0.3) is 5.91 Å². The molecule has 0 aliphatic carbocycles. The summed E-state index contributed by atoms with van der Waals surface area (Å²) in [5.74, 6) is 0.574. The zero-order valence-electron chi connectivity index (χ0n) is 11.6. The van der Waals surface area contributed by atoms with Gasteiger partial charge in [0.15, 0.2) is 0 Å². The van der Waals surface area contributed by atoms with E-state index in [0.717, 1.165) is 17.0 Å². The fourth-order valence-corrected chi connectivity index (χ4v) is 2.39. The van der Waals surface area contributed by atoms with Crippen LogP contribution in [0.5, 0.6) is 5.75 Å². The minimum atomic E-state index is -0.190. The first-order chi connectivity index (χ1) is 9.56. The first-order valence-electron chi connectivity index (χ1n) is 6.24. The number of amides is 1. The molecule has 1 amide bonds. The molecule has 0 spiro atoms. The number of ether oxygens (including phenoxy) is 1. The van der Waals surface area contributed by atoms with Crippen molar-refractivity contribution in [1.82, 2.24) is 9.78 Å². The Balaban J connectivity index is 2.25. The van der Waals surface area contributed by atoms with Crippen LogP contribution in [0.3, 0.4) is 0 Å². The van der Waals surface area contributed by atoms with Gasteiger partial charge in [-0.05, 0) is 53.5 Å². The summed E-state index contributed by atoms with van der Waals surface area (Å²) >= 11 is 3.35. The van der Waals surface area contributed by atoms with E-state index in [1.54, 1.807) is 18.0 Å². The first kappa shape index (κ1) is 14.6. The molecule has 6 heteroatoms. The van der Waals surface area contributed by atoms with Gasteiger partial charge in [-0.1, -0.05) is 0 Å². The van der Waals surface area contributed by atoms with E-state index < -0.39 is 0 Å². The third kappa shape index (κ3) is 2.85. The summed E-state index contributed by atoms with van der Waals surface area (Å²) in [6, 6.07) is 5.52. The zero-order valence-corrected chi connectivity index (χ0v) is 13.2. The molecule has 106 valence electrons. The molecule has 0 unspecified atom stereocenters. The van der Waals surface area contributed by atoms with Gasteiger partial charge in [0.05, 0.1) is 17.8 Å². The average Bonchev–Trinajstić information content (AvgIpc) is 2.82. The minimum Gasteiger partial charge on any atom is -0.497 e. The number of carbonyl (C=O) groups is 1. The van der Waals surface area contributed by atoms with Crippen molar-refractivity contribution in [2.24, 2.45) is 0 Å². The van der Waals surface area contributed by atoms with Gasteiger partial charge < -0.3 is 10.1 Å². The second kappa shape index (κ2) is 6.09. The molecule has 0 radical (unpaired) electrons. The van der Waals surface area contributed by atoms with Gasteiger partial charge in [0, 0.05) is 12.2 Å². The Morgan fingerprint density at radius 3 is 2.85 bits per heavy atom. The Morgan fingerprint density at radius 2 is 2.25 bits per heavy atom. The topological polar surface area (TPSA) is 56.2 Å². The lowest BCUT2D eigenvalue weighted by atomic mass is 10.2. The second-order valence-corrected chi connectivity index (χ2v) is 5.15. The van der Waals surface area contributed by atoms with Crippen molar-refractivity contribution < 1.29 is 9.53 Å². The van der Waals surface area contributed by atoms with Crippen LogP contribution in [0, 0.1) is 6.92 Å². The van der Waals surface area contributed by atoms with Crippen molar-refractivity contribution in [3.8, 4) is 5.75 Å². The number of nitrogens with zero attached hydrogens (tertiary/aromatic N) is 2. The van der Waals surface area contributed by atoms with Crippen LogP contribution in [-0.2, 0) is 6.54 Å². The lowest BCUT2D eigenvalue weighted by Crippen LogP contribution is -2.18. The standard InChI is InChI=1S/C14H16BrN3O2/c1-4-18-13(11(15)8-16-18)14(19)17-12-6-5-10(20-3)7-9(12)2/h5-8H,4H2,1-3H3,(H,17,19). The Bertz CT molecular complexity index is 637. The maximum absolute atomic E-state index is 12.3. The Morgan fingerprint density at radius 1 is 1.50 bits per heavy atom. The van der Waals surface area contributed by atoms with Crippen LogP contribution in [0.15, 0.2) is 28.9 Å². The minimum absolute atomic E-state index is 0.190. The van der Waals surface area contributed by atoms with E-state index in [-0.39, 0.29) is 5.91 Å². The molecule has 0 atom stereocenters. The number of aryl methyl sites for hydroxylation is 2. The molecule has 1 aromatic heterocycles. The van der Waals surface area contributed by atoms with Crippen molar-refractivity contribution in [3.05, 3.63) is 40.1 Å². The fraction of sp³-hybridized carbons (Fsp3) is 0.286. The maximum Gasteiger partial charge on any atom is 0.275 e. The molecule has 0 saturated carbocycles. The van der Waals surface area contributed by atoms with Crippen molar-refractivity contribution in [1.29, 1.82) is 0 Å². The number of hydrogen-bond acceptors (Lipinski definition) is 3. The number of hydrogen-bond donors (Lipinski definition) is 1. The van der Waals surface area contributed by atoms with Gasteiger partial charge >= 0.3 is 0 Å². The quantitative estimate of drug-likeness (QED) is 0.931. The highest BCUT2D eigenvalue weighted by Gasteiger charge is 2.17. The number of benzene rings is 1. The summed E-state index contributed by atoms with van der Waals surface area (Å²) in [4.78, 5) is 12.3. The molecule has 1 N–H and O–H groups in total. The largest absolute Gasteiger partial charge is 0.497 e. The highest BCUT2D eigenvalue weighted by molar-refractivity contribution is 9.10. The molecule has 1 heterocycles. The lowest BCUT2D eigenvalue weighted by Gasteiger charge is -2.11. The molecule has 0 fully saturated rings. The van der Waals surface area contributed by atoms with Gasteiger partial charge in [0.1, 0.15) is 11.4 Å². The highest BCUT2D eigenvalue weighted by atomic mass is 79.9. The van der Waals surface area contributed by atoms with E-state index in [0.29, 0.717) is 16.7 Å². The molecular weight excluding hydrogens is 322 g/mol. The van der Waals surface area contributed by atoms with Gasteiger partial charge in [0.2, 0.25) is 0 Å². The smallest absolute Gasteiger partial charge is 0.275 e. The molecule has 0 saturated heterocycles. The van der Waals surface area contributed by atoms with E-state index in [9.17, 15) is 4.79 Å². The van der Waals surface area contributed by atoms with Crippen LogP contribution >= 0.6 is 15.9 Å². The van der Waals surface area contributed by atoms with Crippen molar-refractivity contribution in [2.45, 2.75) is 20.4 Å². The molecule has 0 aliphatic rings. The van der Waals surface area contributed by atoms with Gasteiger partial charge in [-0.3, -0.25) is 9.48 Å². The monoisotopic (exact) mass is 337 g/mol. The SMILES string of the molecule is CCn1ncc(Br)c1C(=O)Nc1ccc(OC)cc1C. The molecule has 2 aromatic rings. The maximum atomic E-state index is 12.3. The van der Waals surface area contributed by atoms with Crippen LogP contribution in [-0.4, -0.2) is 22.8 Å². The molecule has 2 rings (SSSR count). The Hall–Kier alpha value is -1.82. The second-order valence-electron chi connectivity index (χ2n) is 4.29. The third-order valence-electron chi connectivity index (χ3n) is 2.99. The Labute approximate surface area is 126 Å². The fourth-order valence-electron chi connectivity index (χ4n) is 1.91. The summed E-state index contributed by atoms with van der Waals surface area (Å²) in [5.41, 5.74) is 2.21. The molecule has 0 bridgehead atoms. The number of nitrogens with one attached hydrogen (secondary N) is 1. The van der Waals surface area contributed by atoms with Crippen LogP contribution in [0.2, 0.25) is 0 Å². The van der Waals surface area contributed by atoms with E-state index in [4.69, 9.17) is 4.74 Å². The van der Waals surface area contributed by atoms with Crippen LogP contribution in [0.4, 0.5) is 5.69 Å². The van der Waals surface area contributed by atoms with E-state index in [1.807, 2.05) is 32.0 Å². The summed E-state index contributed by atoms with van der Waals surface area (Å²) < 4.78 is 7.48. The van der Waals surface area contributed by atoms with E-state index in [2.05, 4.69) is 26.3 Å². The number of methoxy groups -OCH3 is 1. The van der Waals surface area contributed by atoms with Gasteiger partial charge in [-0.25, -0.2) is 0 Å². The number of rotatable bonds is 4. The first-order valence-corrected chi connectivity index (χ1v) is 7.03. The third-order valence-corrected chi connectivity index (χ3v) is 3.57. The van der Waals surface area contributed by atoms with E-state index >= 15 is 0 Å². The zero-order chi connectivity index (χ0) is 14.7. The highest BCUT2D eigenvalue weighted by Crippen LogP contribution is 2.23. The predicted molar refractivity (Wildman–Crippen MR) is 81.3 cm³/mol. The number of halogens is 1. The summed E-state index contributed by atoms with van der Waals surface area (Å²) in [5, 5.41) is 7.03. The molecule has 5 nitrogen and oxygen atoms in total.